The number of carbonyl (C=O) groups excluding carboxylic acids is 1. The number of ether oxygens (including phenoxy) is 1. The van der Waals surface area contributed by atoms with Crippen LogP contribution in [0.5, 0.6) is 0 Å². The van der Waals surface area contributed by atoms with Crippen molar-refractivity contribution in [3.05, 3.63) is 35.9 Å². The molecule has 0 aliphatic heterocycles. The molecule has 1 atom stereocenters. The molecule has 1 rings (SSSR count). The normalized spacial score (nSPS) is 14.9. The molecule has 0 fully saturated rings. The Morgan fingerprint density at radius 3 is 2.22 bits per heavy atom. The number of alkyl halides is 4. The van der Waals surface area contributed by atoms with Crippen LogP contribution >= 0.6 is 0 Å². The summed E-state index contributed by atoms with van der Waals surface area (Å²) in [6, 6.07) is 8.16. The van der Waals surface area contributed by atoms with Crippen molar-refractivity contribution in [3.8, 4) is 0 Å². The minimum absolute atomic E-state index is 0.217. The summed E-state index contributed by atoms with van der Waals surface area (Å²) in [4.78, 5) is 11.2. The zero-order valence-corrected chi connectivity index (χ0v) is 9.42. The zero-order chi connectivity index (χ0) is 13.8. The molecule has 1 aromatic carbocycles. The fourth-order valence-electron chi connectivity index (χ4n) is 1.23. The topological polar surface area (TPSA) is 38.3 Å². The summed E-state index contributed by atoms with van der Waals surface area (Å²) in [6.45, 7) is -0.217. The third kappa shape index (κ3) is 2.98. The summed E-state index contributed by atoms with van der Waals surface area (Å²) in [5.41, 5.74) is 0.548. The number of methoxy groups -OCH3 is 1. The monoisotopic (exact) mass is 265 g/mol. The van der Waals surface area contributed by atoms with Crippen molar-refractivity contribution in [2.45, 2.75) is 18.6 Å². The molecule has 0 saturated carbocycles. The summed E-state index contributed by atoms with van der Waals surface area (Å²) < 4.78 is 54.0. The number of rotatable bonds is 4. The van der Waals surface area contributed by atoms with Crippen LogP contribution in [-0.2, 0) is 16.1 Å². The van der Waals surface area contributed by atoms with E-state index in [0.717, 1.165) is 0 Å². The first-order valence-electron chi connectivity index (χ1n) is 4.94. The van der Waals surface area contributed by atoms with Gasteiger partial charge in [0.15, 0.2) is 0 Å². The summed E-state index contributed by atoms with van der Waals surface area (Å²) >= 11 is 0. The van der Waals surface area contributed by atoms with Crippen molar-refractivity contribution in [1.29, 1.82) is 0 Å². The van der Waals surface area contributed by atoms with Gasteiger partial charge in [-0.05, 0) is 5.56 Å². The highest BCUT2D eigenvalue weighted by atomic mass is 19.4. The lowest BCUT2D eigenvalue weighted by molar-refractivity contribution is -0.307. The molecule has 0 unspecified atom stereocenters. The summed E-state index contributed by atoms with van der Waals surface area (Å²) in [6.07, 6.45) is -5.43. The van der Waals surface area contributed by atoms with Gasteiger partial charge in [0.25, 0.3) is 5.91 Å². The highest BCUT2D eigenvalue weighted by molar-refractivity contribution is 5.84. The van der Waals surface area contributed by atoms with E-state index in [9.17, 15) is 22.4 Å². The lowest BCUT2D eigenvalue weighted by Crippen LogP contribution is -2.54. The molecule has 0 aliphatic rings. The molecule has 0 aliphatic carbocycles. The van der Waals surface area contributed by atoms with Crippen molar-refractivity contribution in [2.24, 2.45) is 0 Å². The van der Waals surface area contributed by atoms with Gasteiger partial charge in [-0.3, -0.25) is 4.79 Å². The van der Waals surface area contributed by atoms with Crippen molar-refractivity contribution in [3.63, 3.8) is 0 Å². The van der Waals surface area contributed by atoms with Gasteiger partial charge >= 0.3 is 12.0 Å². The Kier molecular flexibility index (Phi) is 4.28. The number of hydrogen-bond acceptors (Lipinski definition) is 2. The fourth-order valence-corrected chi connectivity index (χ4v) is 1.23. The van der Waals surface area contributed by atoms with Gasteiger partial charge in [-0.2, -0.15) is 17.6 Å². The van der Waals surface area contributed by atoms with Crippen molar-refractivity contribution in [2.75, 3.05) is 7.11 Å². The van der Waals surface area contributed by atoms with E-state index in [2.05, 4.69) is 4.74 Å². The van der Waals surface area contributed by atoms with E-state index in [1.54, 1.807) is 30.3 Å². The molecule has 100 valence electrons. The highest BCUT2D eigenvalue weighted by Crippen LogP contribution is 2.34. The molecule has 0 spiro atoms. The molecule has 0 bridgehead atoms. The van der Waals surface area contributed by atoms with Crippen LogP contribution in [0.1, 0.15) is 5.56 Å². The van der Waals surface area contributed by atoms with Gasteiger partial charge in [0.05, 0.1) is 0 Å². The molecule has 0 aromatic heterocycles. The number of benzene rings is 1. The van der Waals surface area contributed by atoms with Crippen molar-refractivity contribution < 1.29 is 27.1 Å². The Morgan fingerprint density at radius 1 is 1.22 bits per heavy atom. The number of hydrogen-bond donors (Lipinski definition) is 1. The summed E-state index contributed by atoms with van der Waals surface area (Å²) in [5, 5.41) is 1.84. The largest absolute Gasteiger partial charge is 0.458 e. The molecule has 1 aromatic rings. The molecule has 3 nitrogen and oxygen atoms in total. The van der Waals surface area contributed by atoms with E-state index in [1.807, 2.05) is 5.32 Å². The standard InChI is InChI=1S/C11H11F4NO2/c1-18-10(12,11(13,14)15)9(17)16-7-8-5-3-2-4-6-8/h2-6H,7H2,1H3,(H,16,17)/t10-/m0/s1. The van der Waals surface area contributed by atoms with Gasteiger partial charge in [0.1, 0.15) is 0 Å². The number of halogens is 4. The highest BCUT2D eigenvalue weighted by Gasteiger charge is 2.63. The second-order valence-corrected chi connectivity index (χ2v) is 3.47. The smallest absolute Gasteiger partial charge is 0.347 e. The first-order valence-corrected chi connectivity index (χ1v) is 4.94. The Hall–Kier alpha value is -1.63. The molecule has 1 N–H and O–H groups in total. The number of carbonyl (C=O) groups is 1. The van der Waals surface area contributed by atoms with E-state index in [4.69, 9.17) is 0 Å². The summed E-state index contributed by atoms with van der Waals surface area (Å²) in [5.74, 6) is -6.21. The molecule has 18 heavy (non-hydrogen) atoms. The SMILES string of the molecule is CO[C@@](F)(C(=O)NCc1ccccc1)C(F)(F)F. The molecule has 7 heteroatoms. The summed E-state index contributed by atoms with van der Waals surface area (Å²) in [7, 11) is 0.482. The maximum absolute atomic E-state index is 13.4. The third-order valence-electron chi connectivity index (χ3n) is 2.23. The second-order valence-electron chi connectivity index (χ2n) is 3.47. The van der Waals surface area contributed by atoms with E-state index in [1.165, 1.54) is 0 Å². The molecule has 1 amide bonds. The Labute approximate surface area is 101 Å². The lowest BCUT2D eigenvalue weighted by atomic mass is 10.2. The van der Waals surface area contributed by atoms with Crippen LogP contribution in [0.25, 0.3) is 0 Å². The van der Waals surface area contributed by atoms with Crippen LogP contribution in [0, 0.1) is 0 Å². The van der Waals surface area contributed by atoms with Gasteiger partial charge in [0, 0.05) is 13.7 Å². The Morgan fingerprint density at radius 2 is 1.78 bits per heavy atom. The van der Waals surface area contributed by atoms with Crippen LogP contribution in [0.2, 0.25) is 0 Å². The first kappa shape index (κ1) is 14.4. The van der Waals surface area contributed by atoms with Gasteiger partial charge in [-0.1, -0.05) is 30.3 Å². The van der Waals surface area contributed by atoms with Crippen LogP contribution in [-0.4, -0.2) is 25.0 Å². The van der Waals surface area contributed by atoms with Crippen LogP contribution in [0.3, 0.4) is 0 Å². The minimum Gasteiger partial charge on any atom is -0.347 e. The predicted octanol–water partition coefficient (Wildman–Crippen LogP) is 2.18. The van der Waals surface area contributed by atoms with Crippen molar-refractivity contribution >= 4 is 5.91 Å². The average molecular weight is 265 g/mol. The molecule has 0 radical (unpaired) electrons. The van der Waals surface area contributed by atoms with E-state index < -0.39 is 17.9 Å². The maximum atomic E-state index is 13.4. The second kappa shape index (κ2) is 5.34. The molecular weight excluding hydrogens is 254 g/mol. The molecule has 0 heterocycles. The quantitative estimate of drug-likeness (QED) is 0.847. The number of nitrogens with one attached hydrogen (secondary N) is 1. The van der Waals surface area contributed by atoms with Gasteiger partial charge in [-0.15, -0.1) is 0 Å². The predicted molar refractivity (Wildman–Crippen MR) is 55.2 cm³/mol. The molecular formula is C11H11F4NO2. The van der Waals surface area contributed by atoms with E-state index >= 15 is 0 Å². The van der Waals surface area contributed by atoms with Gasteiger partial charge in [0.2, 0.25) is 0 Å². The maximum Gasteiger partial charge on any atom is 0.458 e. The zero-order valence-electron chi connectivity index (χ0n) is 9.42. The van der Waals surface area contributed by atoms with Crippen LogP contribution < -0.4 is 5.32 Å². The number of amides is 1. The Balaban J connectivity index is 2.70. The average Bonchev–Trinajstić information content (AvgIpc) is 2.34. The first-order chi connectivity index (χ1) is 8.31. The minimum atomic E-state index is -5.43. The molecule has 0 saturated heterocycles. The van der Waals surface area contributed by atoms with E-state index in [0.29, 0.717) is 12.7 Å². The Bertz CT molecular complexity index is 407. The van der Waals surface area contributed by atoms with E-state index in [-0.39, 0.29) is 6.54 Å². The van der Waals surface area contributed by atoms with Crippen LogP contribution in [0.15, 0.2) is 30.3 Å². The van der Waals surface area contributed by atoms with Crippen LogP contribution in [0.4, 0.5) is 17.6 Å². The van der Waals surface area contributed by atoms with Crippen molar-refractivity contribution in [1.82, 2.24) is 5.32 Å². The van der Waals surface area contributed by atoms with Gasteiger partial charge in [-0.25, -0.2) is 0 Å². The fraction of sp³-hybridized carbons (Fsp3) is 0.364. The lowest BCUT2D eigenvalue weighted by Gasteiger charge is -2.24. The third-order valence-corrected chi connectivity index (χ3v) is 2.23. The van der Waals surface area contributed by atoms with Gasteiger partial charge < -0.3 is 10.1 Å².